The summed E-state index contributed by atoms with van der Waals surface area (Å²) in [6.45, 7) is 3.06. The van der Waals surface area contributed by atoms with Gasteiger partial charge in [-0.25, -0.2) is 0 Å². The van der Waals surface area contributed by atoms with Crippen molar-refractivity contribution in [2.45, 2.75) is 71.1 Å². The number of aryl methyl sites for hydroxylation is 1. The Morgan fingerprint density at radius 2 is 1.57 bits per heavy atom. The monoisotopic (exact) mass is 319 g/mol. The van der Waals surface area contributed by atoms with Gasteiger partial charge in [0.2, 0.25) is 5.91 Å². The molecule has 0 unspecified atom stereocenters. The van der Waals surface area contributed by atoms with E-state index in [4.69, 9.17) is 4.74 Å². The molecule has 1 rings (SSSR count). The number of hydrogen-bond acceptors (Lipinski definition) is 2. The molecule has 1 aromatic rings. The zero-order valence-corrected chi connectivity index (χ0v) is 14.9. The van der Waals surface area contributed by atoms with E-state index in [1.807, 2.05) is 24.3 Å². The lowest BCUT2D eigenvalue weighted by Crippen LogP contribution is -2.24. The van der Waals surface area contributed by atoms with Gasteiger partial charge in [0.15, 0.2) is 0 Å². The van der Waals surface area contributed by atoms with Gasteiger partial charge in [0.05, 0.1) is 7.11 Å². The lowest BCUT2D eigenvalue weighted by atomic mass is 10.1. The van der Waals surface area contributed by atoms with Crippen molar-refractivity contribution >= 4 is 5.91 Å². The normalized spacial score (nSPS) is 10.5. The molecular weight excluding hydrogens is 286 g/mol. The third kappa shape index (κ3) is 9.98. The lowest BCUT2D eigenvalue weighted by molar-refractivity contribution is -0.121. The molecule has 0 aliphatic heterocycles. The van der Waals surface area contributed by atoms with Crippen molar-refractivity contribution < 1.29 is 9.53 Å². The maximum absolute atomic E-state index is 11.8. The highest BCUT2D eigenvalue weighted by atomic mass is 16.5. The number of ether oxygens (including phenoxy) is 1. The predicted octanol–water partition coefficient (Wildman–Crippen LogP) is 4.88. The Morgan fingerprint density at radius 3 is 2.17 bits per heavy atom. The van der Waals surface area contributed by atoms with E-state index in [0.717, 1.165) is 25.1 Å². The fourth-order valence-corrected chi connectivity index (χ4v) is 2.63. The Hall–Kier alpha value is -1.51. The molecule has 0 aromatic heterocycles. The third-order valence-electron chi connectivity index (χ3n) is 4.15. The highest BCUT2D eigenvalue weighted by Gasteiger charge is 2.02. The first-order chi connectivity index (χ1) is 11.3. The quantitative estimate of drug-likeness (QED) is 0.526. The number of rotatable bonds is 13. The molecule has 0 atom stereocenters. The summed E-state index contributed by atoms with van der Waals surface area (Å²) in [5.41, 5.74) is 1.17. The van der Waals surface area contributed by atoms with Crippen LogP contribution in [0, 0.1) is 0 Å². The van der Waals surface area contributed by atoms with Gasteiger partial charge in [-0.15, -0.1) is 0 Å². The molecule has 130 valence electrons. The molecule has 0 saturated carbocycles. The summed E-state index contributed by atoms with van der Waals surface area (Å²) in [5.74, 6) is 1.01. The second kappa shape index (κ2) is 13.0. The van der Waals surface area contributed by atoms with Crippen molar-refractivity contribution in [3.63, 3.8) is 0 Å². The molecule has 0 aliphatic rings. The Morgan fingerprint density at radius 1 is 0.957 bits per heavy atom. The van der Waals surface area contributed by atoms with Gasteiger partial charge in [-0.1, -0.05) is 64.0 Å². The lowest BCUT2D eigenvalue weighted by Gasteiger charge is -2.06. The van der Waals surface area contributed by atoms with Gasteiger partial charge in [0.1, 0.15) is 5.75 Å². The fourth-order valence-electron chi connectivity index (χ4n) is 2.63. The van der Waals surface area contributed by atoms with E-state index in [1.54, 1.807) is 7.11 Å². The van der Waals surface area contributed by atoms with Gasteiger partial charge < -0.3 is 10.1 Å². The summed E-state index contributed by atoms with van der Waals surface area (Å²) < 4.78 is 5.13. The number of hydrogen-bond donors (Lipinski definition) is 1. The summed E-state index contributed by atoms with van der Waals surface area (Å²) in [6, 6.07) is 7.91. The molecule has 1 aromatic carbocycles. The number of carbonyl (C=O) groups excluding carboxylic acids is 1. The van der Waals surface area contributed by atoms with Crippen LogP contribution in [0.2, 0.25) is 0 Å². The third-order valence-corrected chi connectivity index (χ3v) is 4.15. The first-order valence-corrected chi connectivity index (χ1v) is 9.16. The molecular formula is C20H33NO2. The van der Waals surface area contributed by atoms with Gasteiger partial charge in [0.25, 0.3) is 0 Å². The number of amides is 1. The van der Waals surface area contributed by atoms with Crippen LogP contribution in [0.15, 0.2) is 24.3 Å². The second-order valence-corrected chi connectivity index (χ2v) is 6.17. The molecule has 0 radical (unpaired) electrons. The molecule has 0 bridgehead atoms. The second-order valence-electron chi connectivity index (χ2n) is 6.17. The smallest absolute Gasteiger partial charge is 0.220 e. The molecule has 0 aliphatic carbocycles. The molecule has 1 amide bonds. The number of methoxy groups -OCH3 is 1. The van der Waals surface area contributed by atoms with Crippen molar-refractivity contribution in [2.24, 2.45) is 0 Å². The highest BCUT2D eigenvalue weighted by molar-refractivity contribution is 5.76. The Balaban J connectivity index is 1.97. The molecule has 0 heterocycles. The average molecular weight is 319 g/mol. The standard InChI is InChI=1S/C20H33NO2/c1-3-4-5-6-7-8-9-10-17-21-20(22)16-13-18-11-14-19(23-2)15-12-18/h11-12,14-15H,3-10,13,16-17H2,1-2H3,(H,21,22). The van der Waals surface area contributed by atoms with Crippen LogP contribution in [0.4, 0.5) is 0 Å². The topological polar surface area (TPSA) is 38.3 Å². The zero-order chi connectivity index (χ0) is 16.8. The summed E-state index contributed by atoms with van der Waals surface area (Å²) in [5, 5.41) is 3.02. The van der Waals surface area contributed by atoms with Crippen LogP contribution in [0.25, 0.3) is 0 Å². The summed E-state index contributed by atoms with van der Waals surface area (Å²) >= 11 is 0. The van der Waals surface area contributed by atoms with Gasteiger partial charge in [-0.3, -0.25) is 4.79 Å². The van der Waals surface area contributed by atoms with Crippen LogP contribution in [0.1, 0.15) is 70.3 Å². The van der Waals surface area contributed by atoms with E-state index < -0.39 is 0 Å². The Labute approximate surface area is 141 Å². The van der Waals surface area contributed by atoms with Crippen LogP contribution in [-0.4, -0.2) is 19.6 Å². The van der Waals surface area contributed by atoms with Gasteiger partial charge >= 0.3 is 0 Å². The minimum Gasteiger partial charge on any atom is -0.497 e. The Kier molecular flexibility index (Phi) is 11.0. The maximum atomic E-state index is 11.8. The molecule has 0 spiro atoms. The summed E-state index contributed by atoms with van der Waals surface area (Å²) in [4.78, 5) is 11.8. The minimum atomic E-state index is 0.156. The van der Waals surface area contributed by atoms with Crippen molar-refractivity contribution in [1.29, 1.82) is 0 Å². The molecule has 1 N–H and O–H groups in total. The molecule has 3 heteroatoms. The van der Waals surface area contributed by atoms with E-state index in [2.05, 4.69) is 12.2 Å². The van der Waals surface area contributed by atoms with Crippen LogP contribution in [0.3, 0.4) is 0 Å². The van der Waals surface area contributed by atoms with Crippen molar-refractivity contribution in [3.8, 4) is 5.75 Å². The zero-order valence-electron chi connectivity index (χ0n) is 14.9. The highest BCUT2D eigenvalue weighted by Crippen LogP contribution is 2.12. The van der Waals surface area contributed by atoms with E-state index in [0.29, 0.717) is 6.42 Å². The van der Waals surface area contributed by atoms with Crippen LogP contribution in [0.5, 0.6) is 5.75 Å². The van der Waals surface area contributed by atoms with Crippen LogP contribution >= 0.6 is 0 Å². The van der Waals surface area contributed by atoms with E-state index >= 15 is 0 Å². The Bertz CT molecular complexity index is 414. The largest absolute Gasteiger partial charge is 0.497 e. The number of nitrogens with one attached hydrogen (secondary N) is 1. The molecule has 23 heavy (non-hydrogen) atoms. The van der Waals surface area contributed by atoms with Gasteiger partial charge in [0, 0.05) is 13.0 Å². The van der Waals surface area contributed by atoms with Crippen LogP contribution in [-0.2, 0) is 11.2 Å². The average Bonchev–Trinajstić information content (AvgIpc) is 2.59. The van der Waals surface area contributed by atoms with E-state index in [9.17, 15) is 4.79 Å². The first kappa shape index (κ1) is 19.5. The molecule has 0 fully saturated rings. The van der Waals surface area contributed by atoms with E-state index in [-0.39, 0.29) is 5.91 Å². The van der Waals surface area contributed by atoms with E-state index in [1.165, 1.54) is 50.5 Å². The number of carbonyl (C=O) groups is 1. The fraction of sp³-hybridized carbons (Fsp3) is 0.650. The summed E-state index contributed by atoms with van der Waals surface area (Å²) in [6.07, 6.45) is 11.7. The minimum absolute atomic E-state index is 0.156. The van der Waals surface area contributed by atoms with Gasteiger partial charge in [-0.2, -0.15) is 0 Å². The van der Waals surface area contributed by atoms with Crippen molar-refractivity contribution in [1.82, 2.24) is 5.32 Å². The predicted molar refractivity (Wildman–Crippen MR) is 96.9 cm³/mol. The van der Waals surface area contributed by atoms with Crippen LogP contribution < -0.4 is 10.1 Å². The summed E-state index contributed by atoms with van der Waals surface area (Å²) in [7, 11) is 1.66. The van der Waals surface area contributed by atoms with Crippen molar-refractivity contribution in [3.05, 3.63) is 29.8 Å². The maximum Gasteiger partial charge on any atom is 0.220 e. The van der Waals surface area contributed by atoms with Crippen molar-refractivity contribution in [2.75, 3.05) is 13.7 Å². The molecule has 3 nitrogen and oxygen atoms in total. The first-order valence-electron chi connectivity index (χ1n) is 9.16. The SMILES string of the molecule is CCCCCCCCCCNC(=O)CCc1ccc(OC)cc1. The van der Waals surface area contributed by atoms with Gasteiger partial charge in [-0.05, 0) is 30.5 Å². The number of unbranched alkanes of at least 4 members (excludes halogenated alkanes) is 7. The molecule has 0 saturated heterocycles. The number of benzene rings is 1.